The molecule has 3 aromatic heterocycles. The lowest BCUT2D eigenvalue weighted by atomic mass is 10.1. The smallest absolute Gasteiger partial charge is 0.280 e. The molecule has 0 radical (unpaired) electrons. The van der Waals surface area contributed by atoms with Gasteiger partial charge in [-0.2, -0.15) is 0 Å². The van der Waals surface area contributed by atoms with Gasteiger partial charge in [-0.25, -0.2) is 18.4 Å². The third-order valence-corrected chi connectivity index (χ3v) is 9.18. The lowest BCUT2D eigenvalue weighted by Gasteiger charge is -2.15. The lowest BCUT2D eigenvalue weighted by Crippen LogP contribution is -2.24. The zero-order valence-corrected chi connectivity index (χ0v) is 22.7. The van der Waals surface area contributed by atoms with Crippen LogP contribution >= 0.6 is 11.3 Å². The summed E-state index contributed by atoms with van der Waals surface area (Å²) in [6.07, 6.45) is 2.96. The zero-order chi connectivity index (χ0) is 27.4. The molecule has 2 N–H and O–H groups in total. The van der Waals surface area contributed by atoms with Crippen molar-refractivity contribution in [2.75, 3.05) is 30.4 Å². The van der Waals surface area contributed by atoms with E-state index in [2.05, 4.69) is 25.4 Å². The number of fused-ring (bicyclic) bond motifs is 1. The number of hydrogen-bond donors (Lipinski definition) is 2. The summed E-state index contributed by atoms with van der Waals surface area (Å²) in [4.78, 5) is 34.6. The molecule has 1 amide bonds. The number of carbonyl (C=O) groups is 1. The number of sulfone groups is 1. The maximum atomic E-state index is 13.3. The molecule has 11 nitrogen and oxygen atoms in total. The van der Waals surface area contributed by atoms with Crippen molar-refractivity contribution in [1.29, 1.82) is 0 Å². The Kier molecular flexibility index (Phi) is 7.82. The minimum atomic E-state index is -3.37. The van der Waals surface area contributed by atoms with Crippen molar-refractivity contribution in [3.63, 3.8) is 0 Å². The number of thiazole rings is 1. The van der Waals surface area contributed by atoms with Gasteiger partial charge in [0.25, 0.3) is 5.91 Å². The van der Waals surface area contributed by atoms with Gasteiger partial charge in [0.15, 0.2) is 27.3 Å². The molecule has 1 aliphatic rings. The van der Waals surface area contributed by atoms with Crippen LogP contribution in [0.25, 0.3) is 10.3 Å². The van der Waals surface area contributed by atoms with Crippen molar-refractivity contribution >= 4 is 54.1 Å². The number of hydrogen-bond acceptors (Lipinski definition) is 11. The molecule has 0 spiro atoms. The van der Waals surface area contributed by atoms with Crippen LogP contribution < -0.4 is 10.2 Å². The highest BCUT2D eigenvalue weighted by Crippen LogP contribution is 2.33. The predicted octanol–water partition coefficient (Wildman–Crippen LogP) is 3.01. The molecular weight excluding hydrogens is 540 g/mol. The zero-order valence-electron chi connectivity index (χ0n) is 21.0. The van der Waals surface area contributed by atoms with Gasteiger partial charge in [0.1, 0.15) is 16.2 Å². The number of aliphatic hydroxyl groups is 1. The summed E-state index contributed by atoms with van der Waals surface area (Å²) in [7, 11) is -1.55. The van der Waals surface area contributed by atoms with Gasteiger partial charge in [-0.15, -0.1) is 0 Å². The number of anilines is 2. The van der Waals surface area contributed by atoms with E-state index in [1.54, 1.807) is 42.6 Å². The topological polar surface area (TPSA) is 147 Å². The van der Waals surface area contributed by atoms with E-state index in [1.807, 2.05) is 18.0 Å². The van der Waals surface area contributed by atoms with E-state index in [9.17, 15) is 18.3 Å². The summed E-state index contributed by atoms with van der Waals surface area (Å²) in [5.74, 6) is 0.0926. The number of pyridine rings is 2. The second-order valence-electron chi connectivity index (χ2n) is 8.92. The Hall–Kier alpha value is -3.94. The van der Waals surface area contributed by atoms with Crippen LogP contribution in [0, 0.1) is 0 Å². The van der Waals surface area contributed by atoms with Crippen molar-refractivity contribution in [1.82, 2.24) is 15.0 Å². The highest BCUT2D eigenvalue weighted by Gasteiger charge is 2.36. The summed E-state index contributed by atoms with van der Waals surface area (Å²) in [5.41, 5.74) is 1.58. The van der Waals surface area contributed by atoms with E-state index in [1.165, 1.54) is 23.5 Å². The summed E-state index contributed by atoms with van der Waals surface area (Å²) >= 11 is 1.20. The van der Waals surface area contributed by atoms with E-state index in [0.717, 1.165) is 0 Å². The summed E-state index contributed by atoms with van der Waals surface area (Å²) in [6, 6.07) is 15.0. The van der Waals surface area contributed by atoms with Crippen LogP contribution in [0.3, 0.4) is 0 Å². The van der Waals surface area contributed by atoms with Crippen molar-refractivity contribution in [2.24, 2.45) is 5.16 Å². The van der Waals surface area contributed by atoms with Gasteiger partial charge in [-0.05, 0) is 49.2 Å². The van der Waals surface area contributed by atoms with Crippen LogP contribution in [0.2, 0.25) is 0 Å². The number of likely N-dealkylation sites (N-methyl/N-ethyl adjacent to an activating group) is 1. The Labute approximate surface area is 229 Å². The van der Waals surface area contributed by atoms with Gasteiger partial charge in [0, 0.05) is 25.4 Å². The average Bonchev–Trinajstić information content (AvgIpc) is 3.73. The first-order valence-corrected chi connectivity index (χ1v) is 14.6. The number of nitrogens with zero attached hydrogens (tertiary/aromatic N) is 5. The summed E-state index contributed by atoms with van der Waals surface area (Å²) < 4.78 is 25.2. The van der Waals surface area contributed by atoms with Crippen molar-refractivity contribution < 1.29 is 23.2 Å². The largest absolute Gasteiger partial charge is 0.395 e. The molecule has 1 aliphatic carbocycles. The number of oxime groups is 1. The van der Waals surface area contributed by atoms with Gasteiger partial charge < -0.3 is 14.8 Å². The maximum Gasteiger partial charge on any atom is 0.280 e. The monoisotopic (exact) mass is 566 g/mol. The molecule has 3 heterocycles. The molecule has 0 unspecified atom stereocenters. The Bertz CT molecular complexity index is 1600. The molecular formula is C26H26N6O5S2. The number of benzene rings is 1. The van der Waals surface area contributed by atoms with Crippen molar-refractivity contribution in [2.45, 2.75) is 29.6 Å². The van der Waals surface area contributed by atoms with Crippen LogP contribution in [0.5, 0.6) is 0 Å². The fourth-order valence-electron chi connectivity index (χ4n) is 3.74. The first kappa shape index (κ1) is 26.7. The molecule has 1 saturated carbocycles. The highest BCUT2D eigenvalue weighted by atomic mass is 32.2. The summed E-state index contributed by atoms with van der Waals surface area (Å²) in [6.45, 7) is 0.471. The standard InChI is InChI=1S/C26H26N6O5S2/c1-32(14-15-33)22-12-11-21-25(29-22)38-26(28-21)30-24(34)23(31-37-16-18-4-2-3-13-27-18)17-5-7-19(8-6-17)39(35,36)20-9-10-20/h2-8,11-13,20,33H,9-10,14-16H2,1H3,(H,28,30,34)/b31-23+. The van der Waals surface area contributed by atoms with Gasteiger partial charge in [-0.1, -0.05) is 34.7 Å². The SMILES string of the molecule is CN(CCO)c1ccc2nc(NC(=O)/C(=N/OCc3ccccn3)c3ccc(S(=O)(=O)C4CC4)cc3)sc2n1. The summed E-state index contributed by atoms with van der Waals surface area (Å²) in [5, 5.41) is 16.0. The first-order chi connectivity index (χ1) is 18.8. The highest BCUT2D eigenvalue weighted by molar-refractivity contribution is 7.92. The number of aliphatic hydroxyl groups excluding tert-OH is 1. The third-order valence-electron chi connectivity index (χ3n) is 6.02. The van der Waals surface area contributed by atoms with Gasteiger partial charge in [0.05, 0.1) is 22.4 Å². The molecule has 0 saturated heterocycles. The number of aromatic nitrogens is 3. The Morgan fingerprint density at radius 3 is 2.64 bits per heavy atom. The second kappa shape index (κ2) is 11.4. The Balaban J connectivity index is 1.39. The van der Waals surface area contributed by atoms with Crippen molar-refractivity contribution in [3.8, 4) is 0 Å². The molecule has 1 fully saturated rings. The molecule has 202 valence electrons. The third kappa shape index (κ3) is 6.21. The number of nitrogens with one attached hydrogen (secondary N) is 1. The van der Waals surface area contributed by atoms with E-state index in [-0.39, 0.29) is 29.1 Å². The molecule has 5 rings (SSSR count). The number of rotatable bonds is 11. The minimum absolute atomic E-state index is 0.00176. The van der Waals surface area contributed by atoms with Gasteiger partial charge in [0.2, 0.25) is 0 Å². The maximum absolute atomic E-state index is 13.3. The van der Waals surface area contributed by atoms with Crippen LogP contribution in [0.4, 0.5) is 10.9 Å². The molecule has 0 bridgehead atoms. The number of carbonyl (C=O) groups excluding carboxylic acids is 1. The van der Waals surface area contributed by atoms with Gasteiger partial charge >= 0.3 is 0 Å². The second-order valence-corrected chi connectivity index (χ2v) is 12.1. The van der Waals surface area contributed by atoms with Gasteiger partial charge in [-0.3, -0.25) is 15.1 Å². The fraction of sp³-hybridized carbons (Fsp3) is 0.269. The van der Waals surface area contributed by atoms with Crippen LogP contribution in [0.1, 0.15) is 24.1 Å². The van der Waals surface area contributed by atoms with Crippen LogP contribution in [-0.4, -0.2) is 65.5 Å². The normalized spacial score (nSPS) is 13.8. The predicted molar refractivity (Wildman–Crippen MR) is 149 cm³/mol. The Morgan fingerprint density at radius 2 is 1.95 bits per heavy atom. The van der Waals surface area contributed by atoms with E-state index < -0.39 is 15.7 Å². The van der Waals surface area contributed by atoms with Crippen LogP contribution in [-0.2, 0) is 26.1 Å². The van der Waals surface area contributed by atoms with Crippen molar-refractivity contribution in [3.05, 3.63) is 72.1 Å². The molecule has 1 aromatic carbocycles. The minimum Gasteiger partial charge on any atom is -0.395 e. The Morgan fingerprint density at radius 1 is 1.15 bits per heavy atom. The van der Waals surface area contributed by atoms with E-state index in [4.69, 9.17) is 4.84 Å². The lowest BCUT2D eigenvalue weighted by molar-refractivity contribution is -0.110. The molecule has 39 heavy (non-hydrogen) atoms. The van der Waals surface area contributed by atoms with E-state index in [0.29, 0.717) is 51.9 Å². The van der Waals surface area contributed by atoms with E-state index >= 15 is 0 Å². The molecule has 0 atom stereocenters. The molecule has 13 heteroatoms. The number of amides is 1. The quantitative estimate of drug-likeness (QED) is 0.207. The molecule has 4 aromatic rings. The van der Waals surface area contributed by atoms with Crippen LogP contribution in [0.15, 0.2) is 70.8 Å². The molecule has 0 aliphatic heterocycles. The fourth-order valence-corrected chi connectivity index (χ4v) is 6.22. The first-order valence-electron chi connectivity index (χ1n) is 12.2. The average molecular weight is 567 g/mol.